The summed E-state index contributed by atoms with van der Waals surface area (Å²) >= 11 is 5.81. The van der Waals surface area contributed by atoms with Gasteiger partial charge >= 0.3 is 5.97 Å². The lowest BCUT2D eigenvalue weighted by Gasteiger charge is -2.14. The molecular weight excluding hydrogens is 236 g/mol. The minimum atomic E-state index is -1.25. The van der Waals surface area contributed by atoms with E-state index in [9.17, 15) is 14.9 Å². The number of hydrogen-bond donors (Lipinski definition) is 1. The minimum Gasteiger partial charge on any atom is -0.478 e. The van der Waals surface area contributed by atoms with Crippen molar-refractivity contribution < 1.29 is 14.8 Å². The molecule has 0 aromatic heterocycles. The van der Waals surface area contributed by atoms with E-state index in [1.54, 1.807) is 14.1 Å². The van der Waals surface area contributed by atoms with Crippen LogP contribution in [0.2, 0.25) is 5.02 Å². The molecule has 0 atom stereocenters. The maximum absolute atomic E-state index is 10.8. The first-order chi connectivity index (χ1) is 7.34. The summed E-state index contributed by atoms with van der Waals surface area (Å²) in [7, 11) is 3.18. The number of nitrogens with zero attached hydrogens (tertiary/aromatic N) is 2. The Morgan fingerprint density at radius 2 is 2.06 bits per heavy atom. The molecule has 0 amide bonds. The Morgan fingerprint density at radius 3 is 2.44 bits per heavy atom. The number of carbonyl (C=O) groups is 1. The second kappa shape index (κ2) is 4.36. The quantitative estimate of drug-likeness (QED) is 0.649. The first kappa shape index (κ1) is 12.3. The molecule has 0 saturated carbocycles. The van der Waals surface area contributed by atoms with Gasteiger partial charge in [-0.15, -0.1) is 0 Å². The van der Waals surface area contributed by atoms with E-state index in [4.69, 9.17) is 16.7 Å². The Hall–Kier alpha value is -1.82. The largest absolute Gasteiger partial charge is 0.478 e. The number of carboxylic acid groups (broad SMARTS) is 1. The van der Waals surface area contributed by atoms with Crippen molar-refractivity contribution >= 4 is 28.9 Å². The molecule has 0 unspecified atom stereocenters. The molecule has 0 aliphatic rings. The average molecular weight is 245 g/mol. The third-order valence-corrected chi connectivity index (χ3v) is 2.22. The van der Waals surface area contributed by atoms with Gasteiger partial charge in [0.05, 0.1) is 15.5 Å². The Labute approximate surface area is 96.2 Å². The molecule has 1 rings (SSSR count). The highest BCUT2D eigenvalue weighted by molar-refractivity contribution is 6.34. The van der Waals surface area contributed by atoms with Gasteiger partial charge in [-0.25, -0.2) is 4.79 Å². The van der Waals surface area contributed by atoms with Gasteiger partial charge in [-0.2, -0.15) is 0 Å². The van der Waals surface area contributed by atoms with Gasteiger partial charge in [0.1, 0.15) is 5.69 Å². The van der Waals surface area contributed by atoms with Crippen LogP contribution in [-0.4, -0.2) is 30.1 Å². The maximum Gasteiger partial charge on any atom is 0.335 e. The van der Waals surface area contributed by atoms with E-state index < -0.39 is 10.9 Å². The number of anilines is 1. The van der Waals surface area contributed by atoms with Crippen molar-refractivity contribution in [3.63, 3.8) is 0 Å². The van der Waals surface area contributed by atoms with Crippen LogP contribution in [0.5, 0.6) is 0 Å². The van der Waals surface area contributed by atoms with Gasteiger partial charge < -0.3 is 10.0 Å². The summed E-state index contributed by atoms with van der Waals surface area (Å²) in [6, 6.07) is 2.18. The first-order valence-electron chi connectivity index (χ1n) is 4.23. The Morgan fingerprint density at radius 1 is 1.50 bits per heavy atom. The second-order valence-corrected chi connectivity index (χ2v) is 3.69. The number of aromatic carboxylic acids is 1. The topological polar surface area (TPSA) is 83.7 Å². The molecule has 0 bridgehead atoms. The van der Waals surface area contributed by atoms with Crippen molar-refractivity contribution in [2.45, 2.75) is 0 Å². The summed E-state index contributed by atoms with van der Waals surface area (Å²) in [6.45, 7) is 0. The lowest BCUT2D eigenvalue weighted by Crippen LogP contribution is -2.12. The molecule has 0 radical (unpaired) electrons. The van der Waals surface area contributed by atoms with Crippen LogP contribution < -0.4 is 4.90 Å². The minimum absolute atomic E-state index is 0.0385. The Kier molecular flexibility index (Phi) is 3.34. The van der Waals surface area contributed by atoms with Crippen LogP contribution >= 0.6 is 11.6 Å². The molecule has 16 heavy (non-hydrogen) atoms. The monoisotopic (exact) mass is 244 g/mol. The predicted molar refractivity (Wildman–Crippen MR) is 59.4 cm³/mol. The van der Waals surface area contributed by atoms with Crippen LogP contribution in [0, 0.1) is 10.1 Å². The number of rotatable bonds is 3. The van der Waals surface area contributed by atoms with Gasteiger partial charge in [-0.1, -0.05) is 11.6 Å². The number of carboxylic acids is 1. The molecule has 0 aliphatic carbocycles. The van der Waals surface area contributed by atoms with Gasteiger partial charge in [0.2, 0.25) is 0 Å². The summed E-state index contributed by atoms with van der Waals surface area (Å²) in [4.78, 5) is 22.3. The van der Waals surface area contributed by atoms with E-state index in [0.717, 1.165) is 6.07 Å². The smallest absolute Gasteiger partial charge is 0.335 e. The molecule has 1 aromatic carbocycles. The molecule has 6 nitrogen and oxygen atoms in total. The van der Waals surface area contributed by atoms with Gasteiger partial charge in [0.15, 0.2) is 0 Å². The maximum atomic E-state index is 10.8. The fraction of sp³-hybridized carbons (Fsp3) is 0.222. The lowest BCUT2D eigenvalue weighted by atomic mass is 10.1. The van der Waals surface area contributed by atoms with Gasteiger partial charge in [-0.05, 0) is 6.07 Å². The van der Waals surface area contributed by atoms with E-state index in [1.165, 1.54) is 11.0 Å². The average Bonchev–Trinajstić information content (AvgIpc) is 2.15. The zero-order valence-electron chi connectivity index (χ0n) is 8.60. The number of halogens is 1. The van der Waals surface area contributed by atoms with E-state index in [1.807, 2.05) is 0 Å². The van der Waals surface area contributed by atoms with Crippen LogP contribution in [0.15, 0.2) is 12.1 Å². The SMILES string of the molecule is CN(C)c1c(Cl)cc(C(=O)O)cc1[N+](=O)[O-]. The summed E-state index contributed by atoms with van der Waals surface area (Å²) in [5, 5.41) is 19.6. The normalized spacial score (nSPS) is 9.94. The molecule has 0 saturated heterocycles. The molecule has 0 aliphatic heterocycles. The van der Waals surface area contributed by atoms with E-state index in [0.29, 0.717) is 0 Å². The molecule has 86 valence electrons. The highest BCUT2D eigenvalue weighted by atomic mass is 35.5. The lowest BCUT2D eigenvalue weighted by molar-refractivity contribution is -0.384. The number of nitro groups is 1. The van der Waals surface area contributed by atoms with Crippen molar-refractivity contribution in [3.8, 4) is 0 Å². The summed E-state index contributed by atoms with van der Waals surface area (Å²) in [5.41, 5.74) is -0.339. The van der Waals surface area contributed by atoms with Crippen LogP contribution in [0.4, 0.5) is 11.4 Å². The van der Waals surface area contributed by atoms with Gasteiger partial charge in [0, 0.05) is 20.2 Å². The first-order valence-corrected chi connectivity index (χ1v) is 4.61. The molecule has 1 aromatic rings. The summed E-state index contributed by atoms with van der Waals surface area (Å²) < 4.78 is 0. The van der Waals surface area contributed by atoms with E-state index >= 15 is 0 Å². The van der Waals surface area contributed by atoms with Crippen molar-refractivity contribution in [1.29, 1.82) is 0 Å². The van der Waals surface area contributed by atoms with Crippen molar-refractivity contribution in [1.82, 2.24) is 0 Å². The van der Waals surface area contributed by atoms with Gasteiger partial charge in [-0.3, -0.25) is 10.1 Å². The predicted octanol–water partition coefficient (Wildman–Crippen LogP) is 2.01. The highest BCUT2D eigenvalue weighted by Gasteiger charge is 2.22. The van der Waals surface area contributed by atoms with Crippen LogP contribution in [-0.2, 0) is 0 Å². The van der Waals surface area contributed by atoms with Crippen LogP contribution in [0.3, 0.4) is 0 Å². The molecule has 7 heteroatoms. The molecule has 0 spiro atoms. The van der Waals surface area contributed by atoms with Crippen molar-refractivity contribution in [3.05, 3.63) is 32.8 Å². The molecular formula is C9H9ClN2O4. The molecule has 0 heterocycles. The molecule has 1 N–H and O–H groups in total. The Bertz CT molecular complexity index is 459. The van der Waals surface area contributed by atoms with Crippen molar-refractivity contribution in [2.24, 2.45) is 0 Å². The Balaban J connectivity index is 3.52. The summed E-state index contributed by atoms with van der Waals surface area (Å²) in [6.07, 6.45) is 0. The third kappa shape index (κ3) is 2.22. The fourth-order valence-electron chi connectivity index (χ4n) is 1.29. The summed E-state index contributed by atoms with van der Waals surface area (Å²) in [5.74, 6) is -1.25. The van der Waals surface area contributed by atoms with Crippen molar-refractivity contribution in [2.75, 3.05) is 19.0 Å². The number of benzene rings is 1. The number of nitro benzene ring substituents is 1. The van der Waals surface area contributed by atoms with Crippen LogP contribution in [0.25, 0.3) is 0 Å². The van der Waals surface area contributed by atoms with Gasteiger partial charge in [0.25, 0.3) is 5.69 Å². The van der Waals surface area contributed by atoms with E-state index in [-0.39, 0.29) is 22.0 Å². The molecule has 0 fully saturated rings. The standard InChI is InChI=1S/C9H9ClN2O4/c1-11(2)8-6(10)3-5(9(13)14)4-7(8)12(15)16/h3-4H,1-2H3,(H,13,14). The fourth-order valence-corrected chi connectivity index (χ4v) is 1.67. The van der Waals surface area contributed by atoms with Crippen LogP contribution in [0.1, 0.15) is 10.4 Å². The second-order valence-electron chi connectivity index (χ2n) is 3.28. The van der Waals surface area contributed by atoms with E-state index in [2.05, 4.69) is 0 Å². The highest BCUT2D eigenvalue weighted by Crippen LogP contribution is 2.35. The third-order valence-electron chi connectivity index (χ3n) is 1.93. The zero-order valence-corrected chi connectivity index (χ0v) is 9.35. The number of hydrogen-bond acceptors (Lipinski definition) is 4. The zero-order chi connectivity index (χ0) is 12.5.